The fourth-order valence-electron chi connectivity index (χ4n) is 2.01. The number of fused-ring (bicyclic) bond motifs is 1. The van der Waals surface area contributed by atoms with Gasteiger partial charge in [0.1, 0.15) is 0 Å². The molecule has 4 heteroatoms. The highest BCUT2D eigenvalue weighted by Gasteiger charge is 2.01. The van der Waals surface area contributed by atoms with E-state index in [9.17, 15) is 0 Å². The summed E-state index contributed by atoms with van der Waals surface area (Å²) in [5, 5.41) is 5.21. The maximum atomic E-state index is 5.98. The van der Waals surface area contributed by atoms with Crippen molar-refractivity contribution < 1.29 is 0 Å². The monoisotopic (exact) mass is 346 g/mol. The van der Waals surface area contributed by atoms with Gasteiger partial charge in [0.15, 0.2) is 0 Å². The minimum atomic E-state index is 0.679. The summed E-state index contributed by atoms with van der Waals surface area (Å²) < 4.78 is 0.885. The lowest BCUT2D eigenvalue weighted by Gasteiger charge is -2.08. The Morgan fingerprint density at radius 2 is 1.90 bits per heavy atom. The Hall–Kier alpha value is -1.58. The molecule has 0 radical (unpaired) electrons. The molecule has 1 N–H and O–H groups in total. The van der Waals surface area contributed by atoms with Crippen LogP contribution in [0.15, 0.2) is 59.1 Å². The Kier molecular flexibility index (Phi) is 3.90. The summed E-state index contributed by atoms with van der Waals surface area (Å²) in [5.74, 6) is 0. The van der Waals surface area contributed by atoms with Crippen molar-refractivity contribution in [2.45, 2.75) is 6.54 Å². The third kappa shape index (κ3) is 2.94. The Balaban J connectivity index is 1.77. The van der Waals surface area contributed by atoms with Gasteiger partial charge < -0.3 is 5.32 Å². The van der Waals surface area contributed by atoms with Gasteiger partial charge in [0, 0.05) is 15.5 Å². The Morgan fingerprint density at radius 3 is 2.75 bits per heavy atom. The molecule has 1 aromatic heterocycles. The van der Waals surface area contributed by atoms with E-state index in [4.69, 9.17) is 11.6 Å². The molecule has 0 amide bonds. The number of hydrogen-bond acceptors (Lipinski definition) is 2. The number of para-hydroxylation sites is 1. The number of aromatic nitrogens is 1. The molecule has 0 saturated heterocycles. The zero-order chi connectivity index (χ0) is 13.9. The van der Waals surface area contributed by atoms with Gasteiger partial charge in [0.25, 0.3) is 0 Å². The van der Waals surface area contributed by atoms with Crippen LogP contribution in [0.4, 0.5) is 5.69 Å². The van der Waals surface area contributed by atoms with Gasteiger partial charge in [-0.05, 0) is 46.3 Å². The molecule has 0 atom stereocenters. The molecular formula is C16H12BrClN2. The average Bonchev–Trinajstić information content (AvgIpc) is 2.48. The van der Waals surface area contributed by atoms with E-state index >= 15 is 0 Å². The minimum absolute atomic E-state index is 0.679. The van der Waals surface area contributed by atoms with Crippen LogP contribution < -0.4 is 5.32 Å². The van der Waals surface area contributed by atoms with Gasteiger partial charge in [-0.25, -0.2) is 0 Å². The summed E-state index contributed by atoms with van der Waals surface area (Å²) in [6, 6.07) is 18.0. The van der Waals surface area contributed by atoms with Crippen LogP contribution in [0.3, 0.4) is 0 Å². The number of benzene rings is 2. The number of nitrogens with one attached hydrogen (secondary N) is 1. The van der Waals surface area contributed by atoms with E-state index in [1.165, 1.54) is 0 Å². The zero-order valence-electron chi connectivity index (χ0n) is 10.6. The molecule has 0 aliphatic rings. The number of rotatable bonds is 3. The second-order valence-electron chi connectivity index (χ2n) is 4.48. The van der Waals surface area contributed by atoms with E-state index in [2.05, 4.69) is 38.4 Å². The van der Waals surface area contributed by atoms with Crippen LogP contribution in [0.25, 0.3) is 10.9 Å². The topological polar surface area (TPSA) is 24.9 Å². The number of nitrogens with zero attached hydrogens (tertiary/aromatic N) is 1. The van der Waals surface area contributed by atoms with Crippen molar-refractivity contribution in [3.05, 3.63) is 69.8 Å². The van der Waals surface area contributed by atoms with E-state index in [0.717, 1.165) is 26.8 Å². The zero-order valence-corrected chi connectivity index (χ0v) is 12.9. The molecule has 3 aromatic rings. The maximum Gasteiger partial charge on any atom is 0.0706 e. The molecule has 0 unspecified atom stereocenters. The van der Waals surface area contributed by atoms with Crippen molar-refractivity contribution in [3.63, 3.8) is 0 Å². The van der Waals surface area contributed by atoms with Crippen LogP contribution in [0.2, 0.25) is 5.02 Å². The van der Waals surface area contributed by atoms with Crippen molar-refractivity contribution in [1.29, 1.82) is 0 Å². The van der Waals surface area contributed by atoms with E-state index in [0.29, 0.717) is 11.6 Å². The third-order valence-corrected chi connectivity index (χ3v) is 4.26. The van der Waals surface area contributed by atoms with Crippen LogP contribution in [-0.2, 0) is 6.54 Å². The van der Waals surface area contributed by atoms with Gasteiger partial charge in [0.05, 0.1) is 22.8 Å². The lowest BCUT2D eigenvalue weighted by molar-refractivity contribution is 1.07. The molecule has 0 spiro atoms. The molecule has 100 valence electrons. The van der Waals surface area contributed by atoms with Gasteiger partial charge in [-0.2, -0.15) is 0 Å². The van der Waals surface area contributed by atoms with Gasteiger partial charge in [-0.1, -0.05) is 35.9 Å². The van der Waals surface area contributed by atoms with Crippen LogP contribution >= 0.6 is 27.5 Å². The largest absolute Gasteiger partial charge is 0.379 e. The van der Waals surface area contributed by atoms with E-state index in [1.54, 1.807) is 0 Å². The summed E-state index contributed by atoms with van der Waals surface area (Å²) in [5.41, 5.74) is 3.04. The van der Waals surface area contributed by atoms with Gasteiger partial charge in [-0.15, -0.1) is 0 Å². The Labute approximate surface area is 130 Å². The van der Waals surface area contributed by atoms with Gasteiger partial charge in [-0.3, -0.25) is 4.98 Å². The Morgan fingerprint density at radius 1 is 1.05 bits per heavy atom. The second kappa shape index (κ2) is 5.81. The molecule has 0 bridgehead atoms. The fraction of sp³-hybridized carbons (Fsp3) is 0.0625. The predicted molar refractivity (Wildman–Crippen MR) is 88.2 cm³/mol. The molecule has 1 heterocycles. The smallest absolute Gasteiger partial charge is 0.0706 e. The number of halogens is 2. The van der Waals surface area contributed by atoms with E-state index in [-0.39, 0.29) is 0 Å². The summed E-state index contributed by atoms with van der Waals surface area (Å²) >= 11 is 9.39. The summed E-state index contributed by atoms with van der Waals surface area (Å²) in [6.07, 6.45) is 0. The molecule has 2 nitrogen and oxygen atoms in total. The average molecular weight is 348 g/mol. The standard InChI is InChI=1S/C16H12BrClN2/c17-14-9-12(7-8-15(14)18)19-10-13-6-5-11-3-1-2-4-16(11)20-13/h1-9,19H,10H2. The molecule has 0 aliphatic carbocycles. The highest BCUT2D eigenvalue weighted by Crippen LogP contribution is 2.25. The Bertz CT molecular complexity index is 758. The van der Waals surface area contributed by atoms with Crippen molar-refractivity contribution in [2.24, 2.45) is 0 Å². The quantitative estimate of drug-likeness (QED) is 0.699. The lowest BCUT2D eigenvalue weighted by atomic mass is 10.2. The minimum Gasteiger partial charge on any atom is -0.379 e. The summed E-state index contributed by atoms with van der Waals surface area (Å²) in [4.78, 5) is 4.63. The van der Waals surface area contributed by atoms with E-state index in [1.807, 2.05) is 42.5 Å². The highest BCUT2D eigenvalue weighted by molar-refractivity contribution is 9.10. The normalized spacial score (nSPS) is 10.7. The van der Waals surface area contributed by atoms with Gasteiger partial charge in [0.2, 0.25) is 0 Å². The predicted octanol–water partition coefficient (Wildman–Crippen LogP) is 5.26. The van der Waals surface area contributed by atoms with Crippen LogP contribution in [0, 0.1) is 0 Å². The number of hydrogen-bond donors (Lipinski definition) is 1. The molecular weight excluding hydrogens is 336 g/mol. The number of anilines is 1. The highest BCUT2D eigenvalue weighted by atomic mass is 79.9. The maximum absolute atomic E-state index is 5.98. The van der Waals surface area contributed by atoms with Crippen LogP contribution in [0.1, 0.15) is 5.69 Å². The molecule has 0 fully saturated rings. The van der Waals surface area contributed by atoms with Crippen molar-refractivity contribution in [1.82, 2.24) is 4.98 Å². The van der Waals surface area contributed by atoms with Crippen LogP contribution in [0.5, 0.6) is 0 Å². The third-order valence-electron chi connectivity index (χ3n) is 3.05. The van der Waals surface area contributed by atoms with E-state index < -0.39 is 0 Å². The second-order valence-corrected chi connectivity index (χ2v) is 5.74. The van der Waals surface area contributed by atoms with Gasteiger partial charge >= 0.3 is 0 Å². The number of pyridine rings is 1. The molecule has 3 rings (SSSR count). The first kappa shape index (κ1) is 13.4. The molecule has 20 heavy (non-hydrogen) atoms. The summed E-state index contributed by atoms with van der Waals surface area (Å²) in [7, 11) is 0. The first-order valence-electron chi connectivity index (χ1n) is 6.26. The first-order chi connectivity index (χ1) is 9.72. The SMILES string of the molecule is Clc1ccc(NCc2ccc3ccccc3n2)cc1Br. The van der Waals surface area contributed by atoms with Crippen molar-refractivity contribution in [2.75, 3.05) is 5.32 Å². The summed E-state index contributed by atoms with van der Waals surface area (Å²) in [6.45, 7) is 0.679. The molecule has 0 saturated carbocycles. The van der Waals surface area contributed by atoms with Crippen molar-refractivity contribution >= 4 is 44.1 Å². The molecule has 2 aromatic carbocycles. The van der Waals surface area contributed by atoms with Crippen molar-refractivity contribution in [3.8, 4) is 0 Å². The fourth-order valence-corrected chi connectivity index (χ4v) is 2.50. The first-order valence-corrected chi connectivity index (χ1v) is 7.43. The molecule has 0 aliphatic heterocycles. The lowest BCUT2D eigenvalue weighted by Crippen LogP contribution is -2.01. The van der Waals surface area contributed by atoms with Crippen LogP contribution in [-0.4, -0.2) is 4.98 Å².